The zero-order valence-corrected chi connectivity index (χ0v) is 13.4. The summed E-state index contributed by atoms with van der Waals surface area (Å²) < 4.78 is 10.8. The molecule has 0 saturated carbocycles. The largest absolute Gasteiger partial charge is 0.378 e. The minimum Gasteiger partial charge on any atom is -0.378 e. The molecule has 0 aromatic carbocycles. The van der Waals surface area contributed by atoms with Crippen molar-refractivity contribution < 1.29 is 9.26 Å². The molecule has 7 nitrogen and oxygen atoms in total. The quantitative estimate of drug-likeness (QED) is 0.842. The van der Waals surface area contributed by atoms with E-state index in [1.54, 1.807) is 6.33 Å². The predicted molar refractivity (Wildman–Crippen MR) is 84.1 cm³/mol. The fraction of sp³-hybridized carbons (Fsp3) is 0.562. The highest BCUT2D eigenvalue weighted by Crippen LogP contribution is 2.27. The van der Waals surface area contributed by atoms with Crippen LogP contribution in [0.2, 0.25) is 0 Å². The summed E-state index contributed by atoms with van der Waals surface area (Å²) in [4.78, 5) is 13.7. The third-order valence-corrected chi connectivity index (χ3v) is 4.43. The molecule has 1 saturated heterocycles. The van der Waals surface area contributed by atoms with Crippen LogP contribution in [0.25, 0.3) is 0 Å². The maximum absolute atomic E-state index is 5.45. The molecule has 0 unspecified atom stereocenters. The van der Waals surface area contributed by atoms with Gasteiger partial charge in [0, 0.05) is 44.2 Å². The summed E-state index contributed by atoms with van der Waals surface area (Å²) in [5.41, 5.74) is 3.35. The fourth-order valence-corrected chi connectivity index (χ4v) is 3.28. The summed E-state index contributed by atoms with van der Waals surface area (Å²) in [6.07, 6.45) is 2.64. The van der Waals surface area contributed by atoms with Crippen LogP contribution in [-0.4, -0.2) is 52.9 Å². The Morgan fingerprint density at radius 2 is 2.04 bits per heavy atom. The SMILES string of the molecule is Cc1cc(CN2CCc3ncnc(N4CCOCC4)c3C2)on1. The van der Waals surface area contributed by atoms with Gasteiger partial charge in [-0.1, -0.05) is 5.16 Å². The first kappa shape index (κ1) is 14.6. The van der Waals surface area contributed by atoms with Gasteiger partial charge >= 0.3 is 0 Å². The number of hydrogen-bond donors (Lipinski definition) is 0. The van der Waals surface area contributed by atoms with E-state index >= 15 is 0 Å². The molecule has 2 aliphatic heterocycles. The van der Waals surface area contributed by atoms with Gasteiger partial charge < -0.3 is 14.2 Å². The average Bonchev–Trinajstić information content (AvgIpc) is 3.00. The third-order valence-electron chi connectivity index (χ3n) is 4.43. The molecule has 1 fully saturated rings. The second-order valence-electron chi connectivity index (χ2n) is 6.12. The molecule has 2 aromatic rings. The highest BCUT2D eigenvalue weighted by atomic mass is 16.5. The van der Waals surface area contributed by atoms with E-state index in [4.69, 9.17) is 9.26 Å². The number of fused-ring (bicyclic) bond motifs is 1. The van der Waals surface area contributed by atoms with Crippen molar-refractivity contribution in [3.63, 3.8) is 0 Å². The number of ether oxygens (including phenoxy) is 1. The van der Waals surface area contributed by atoms with Gasteiger partial charge in [0.2, 0.25) is 0 Å². The molecule has 0 aliphatic carbocycles. The van der Waals surface area contributed by atoms with Gasteiger partial charge in [0.1, 0.15) is 12.1 Å². The van der Waals surface area contributed by atoms with Crippen LogP contribution in [0.4, 0.5) is 5.82 Å². The van der Waals surface area contributed by atoms with E-state index in [0.717, 1.165) is 69.6 Å². The smallest absolute Gasteiger partial charge is 0.150 e. The van der Waals surface area contributed by atoms with Crippen LogP contribution in [0.15, 0.2) is 16.9 Å². The summed E-state index contributed by atoms with van der Waals surface area (Å²) in [7, 11) is 0. The molecule has 122 valence electrons. The molecule has 7 heteroatoms. The number of morpholine rings is 1. The molecule has 2 aliphatic rings. The minimum atomic E-state index is 0.764. The van der Waals surface area contributed by atoms with Crippen LogP contribution in [0.3, 0.4) is 0 Å². The van der Waals surface area contributed by atoms with E-state index in [-0.39, 0.29) is 0 Å². The van der Waals surface area contributed by atoms with Crippen molar-refractivity contribution >= 4 is 5.82 Å². The highest BCUT2D eigenvalue weighted by Gasteiger charge is 2.25. The van der Waals surface area contributed by atoms with Crippen molar-refractivity contribution in [2.75, 3.05) is 37.7 Å². The number of hydrogen-bond acceptors (Lipinski definition) is 7. The highest BCUT2D eigenvalue weighted by molar-refractivity contribution is 5.49. The van der Waals surface area contributed by atoms with Gasteiger partial charge in [-0.15, -0.1) is 0 Å². The summed E-state index contributed by atoms with van der Waals surface area (Å²) in [6, 6.07) is 2.00. The van der Waals surface area contributed by atoms with Gasteiger partial charge in [-0.25, -0.2) is 9.97 Å². The zero-order chi connectivity index (χ0) is 15.6. The van der Waals surface area contributed by atoms with Crippen molar-refractivity contribution in [3.8, 4) is 0 Å². The van der Waals surface area contributed by atoms with Crippen molar-refractivity contribution in [1.82, 2.24) is 20.0 Å². The molecule has 2 aromatic heterocycles. The van der Waals surface area contributed by atoms with E-state index in [2.05, 4.69) is 24.9 Å². The van der Waals surface area contributed by atoms with Crippen LogP contribution < -0.4 is 4.90 Å². The molecule has 0 N–H and O–H groups in total. The molecular formula is C16H21N5O2. The Bertz CT molecular complexity index is 681. The van der Waals surface area contributed by atoms with E-state index in [1.165, 1.54) is 11.3 Å². The Morgan fingerprint density at radius 3 is 2.83 bits per heavy atom. The lowest BCUT2D eigenvalue weighted by Gasteiger charge is -2.33. The topological polar surface area (TPSA) is 67.5 Å². The van der Waals surface area contributed by atoms with E-state index < -0.39 is 0 Å². The van der Waals surface area contributed by atoms with Crippen LogP contribution in [-0.2, 0) is 24.2 Å². The maximum Gasteiger partial charge on any atom is 0.150 e. The molecule has 4 heterocycles. The number of nitrogens with zero attached hydrogens (tertiary/aromatic N) is 5. The van der Waals surface area contributed by atoms with E-state index in [9.17, 15) is 0 Å². The number of anilines is 1. The van der Waals surface area contributed by atoms with Crippen LogP contribution in [0.1, 0.15) is 22.7 Å². The fourth-order valence-electron chi connectivity index (χ4n) is 3.28. The molecule has 23 heavy (non-hydrogen) atoms. The zero-order valence-electron chi connectivity index (χ0n) is 13.4. The normalized spacial score (nSPS) is 18.9. The second kappa shape index (κ2) is 6.25. The second-order valence-corrected chi connectivity index (χ2v) is 6.12. The first-order valence-corrected chi connectivity index (χ1v) is 8.09. The third kappa shape index (κ3) is 3.07. The summed E-state index contributed by atoms with van der Waals surface area (Å²) in [6.45, 7) is 7.87. The van der Waals surface area contributed by atoms with Crippen molar-refractivity contribution in [3.05, 3.63) is 35.1 Å². The van der Waals surface area contributed by atoms with Gasteiger partial charge in [-0.3, -0.25) is 4.90 Å². The molecule has 0 bridgehead atoms. The minimum absolute atomic E-state index is 0.764. The van der Waals surface area contributed by atoms with Crippen LogP contribution in [0.5, 0.6) is 0 Å². The van der Waals surface area contributed by atoms with Crippen LogP contribution in [0, 0.1) is 6.92 Å². The van der Waals surface area contributed by atoms with Crippen molar-refractivity contribution in [1.29, 1.82) is 0 Å². The lowest BCUT2D eigenvalue weighted by molar-refractivity contribution is 0.122. The lowest BCUT2D eigenvalue weighted by atomic mass is 10.1. The lowest BCUT2D eigenvalue weighted by Crippen LogP contribution is -2.39. The van der Waals surface area contributed by atoms with Crippen LogP contribution >= 0.6 is 0 Å². The maximum atomic E-state index is 5.45. The van der Waals surface area contributed by atoms with Crippen molar-refractivity contribution in [2.24, 2.45) is 0 Å². The molecule has 0 amide bonds. The number of rotatable bonds is 3. The van der Waals surface area contributed by atoms with E-state index in [1.807, 2.05) is 13.0 Å². The van der Waals surface area contributed by atoms with Crippen molar-refractivity contribution in [2.45, 2.75) is 26.4 Å². The Hall–Kier alpha value is -1.99. The van der Waals surface area contributed by atoms with Gasteiger partial charge in [0.15, 0.2) is 5.76 Å². The number of aromatic nitrogens is 3. The Morgan fingerprint density at radius 1 is 1.17 bits per heavy atom. The van der Waals surface area contributed by atoms with Gasteiger partial charge in [-0.05, 0) is 6.92 Å². The summed E-state index contributed by atoms with van der Waals surface area (Å²) >= 11 is 0. The van der Waals surface area contributed by atoms with Gasteiger partial charge in [0.05, 0.1) is 31.1 Å². The molecule has 0 spiro atoms. The monoisotopic (exact) mass is 315 g/mol. The average molecular weight is 315 g/mol. The van der Waals surface area contributed by atoms with E-state index in [0.29, 0.717) is 0 Å². The Balaban J connectivity index is 1.55. The first-order valence-electron chi connectivity index (χ1n) is 8.09. The number of aryl methyl sites for hydroxylation is 1. The van der Waals surface area contributed by atoms with Gasteiger partial charge in [0.25, 0.3) is 0 Å². The first-order chi connectivity index (χ1) is 11.3. The molecule has 0 atom stereocenters. The Labute approximate surface area is 135 Å². The summed E-state index contributed by atoms with van der Waals surface area (Å²) in [5.74, 6) is 1.98. The summed E-state index contributed by atoms with van der Waals surface area (Å²) in [5, 5.41) is 3.97. The standard InChI is InChI=1S/C16H21N5O2/c1-12-8-13(23-19-12)9-20-3-2-15-14(10-20)16(18-11-17-15)21-4-6-22-7-5-21/h8,11H,2-7,9-10H2,1H3. The van der Waals surface area contributed by atoms with Gasteiger partial charge in [-0.2, -0.15) is 0 Å². The predicted octanol–water partition coefficient (Wildman–Crippen LogP) is 1.17. The molecular weight excluding hydrogens is 294 g/mol. The Kier molecular flexibility index (Phi) is 3.97. The molecule has 4 rings (SSSR count). The molecule has 0 radical (unpaired) electrons.